The lowest BCUT2D eigenvalue weighted by Crippen LogP contribution is -2.01. The third-order valence-corrected chi connectivity index (χ3v) is 2.28. The van der Waals surface area contributed by atoms with Gasteiger partial charge in [-0.05, 0) is 25.0 Å². The lowest BCUT2D eigenvalue weighted by atomic mass is 10.2. The van der Waals surface area contributed by atoms with Crippen molar-refractivity contribution in [3.05, 3.63) is 24.0 Å². The Hall–Kier alpha value is -1.58. The molecule has 82 valence electrons. The number of nitrogens with zero attached hydrogens (tertiary/aromatic N) is 1. The maximum atomic E-state index is 10.6. The molecule has 0 saturated heterocycles. The van der Waals surface area contributed by atoms with Crippen LogP contribution in [0.5, 0.6) is 0 Å². The predicted octanol–water partition coefficient (Wildman–Crippen LogP) is 1.95. The molecule has 0 bridgehead atoms. The van der Waals surface area contributed by atoms with Crippen LogP contribution in [0.2, 0.25) is 0 Å². The third-order valence-electron chi connectivity index (χ3n) is 2.28. The molecule has 1 aromatic rings. The lowest BCUT2D eigenvalue weighted by molar-refractivity contribution is -0.137. The quantitative estimate of drug-likeness (QED) is 0.551. The van der Waals surface area contributed by atoms with Crippen molar-refractivity contribution >= 4 is 12.3 Å². The van der Waals surface area contributed by atoms with Gasteiger partial charge in [-0.2, -0.15) is 0 Å². The number of hydrogen-bond acceptors (Lipinski definition) is 2. The highest BCUT2D eigenvalue weighted by atomic mass is 16.4. The van der Waals surface area contributed by atoms with Crippen LogP contribution in [-0.2, 0) is 11.3 Å². The number of aromatic nitrogens is 1. The topological polar surface area (TPSA) is 59.3 Å². The number of aliphatic carboxylic acids is 1. The Bertz CT molecular complexity index is 330. The molecule has 0 spiro atoms. The van der Waals surface area contributed by atoms with Crippen molar-refractivity contribution in [2.24, 2.45) is 0 Å². The van der Waals surface area contributed by atoms with Gasteiger partial charge >= 0.3 is 5.97 Å². The molecule has 0 aromatic carbocycles. The summed E-state index contributed by atoms with van der Waals surface area (Å²) in [6.07, 6.45) is 5.41. The van der Waals surface area contributed by atoms with Gasteiger partial charge in [-0.3, -0.25) is 9.59 Å². The van der Waals surface area contributed by atoms with E-state index in [1.807, 2.05) is 16.8 Å². The van der Waals surface area contributed by atoms with Gasteiger partial charge in [0.25, 0.3) is 0 Å². The van der Waals surface area contributed by atoms with Gasteiger partial charge in [0, 0.05) is 19.2 Å². The number of carbonyl (C=O) groups excluding carboxylic acids is 1. The fraction of sp³-hybridized carbons (Fsp3) is 0.455. The van der Waals surface area contributed by atoms with Crippen molar-refractivity contribution in [3.8, 4) is 0 Å². The highest BCUT2D eigenvalue weighted by Gasteiger charge is 1.99. The molecule has 0 radical (unpaired) electrons. The molecule has 15 heavy (non-hydrogen) atoms. The van der Waals surface area contributed by atoms with Gasteiger partial charge in [0.2, 0.25) is 0 Å². The average molecular weight is 209 g/mol. The molecule has 0 aliphatic rings. The molecule has 4 heteroatoms. The third kappa shape index (κ3) is 3.97. The van der Waals surface area contributed by atoms with Gasteiger partial charge in [-0.25, -0.2) is 0 Å². The summed E-state index contributed by atoms with van der Waals surface area (Å²) in [5.74, 6) is -0.746. The van der Waals surface area contributed by atoms with E-state index in [0.29, 0.717) is 12.1 Å². The minimum absolute atomic E-state index is 0.228. The summed E-state index contributed by atoms with van der Waals surface area (Å²) in [5.41, 5.74) is 0.674. The molecule has 1 rings (SSSR count). The Morgan fingerprint density at radius 1 is 1.40 bits per heavy atom. The minimum Gasteiger partial charge on any atom is -0.481 e. The Balaban J connectivity index is 2.20. The molecule has 1 aromatic heterocycles. The molecular formula is C11H15NO3. The zero-order valence-electron chi connectivity index (χ0n) is 8.56. The molecule has 0 saturated carbocycles. The zero-order valence-corrected chi connectivity index (χ0v) is 8.56. The summed E-state index contributed by atoms with van der Waals surface area (Å²) >= 11 is 0. The zero-order chi connectivity index (χ0) is 11.1. The summed E-state index contributed by atoms with van der Waals surface area (Å²) < 4.78 is 1.88. The van der Waals surface area contributed by atoms with Crippen LogP contribution in [-0.4, -0.2) is 21.9 Å². The Labute approximate surface area is 88.5 Å². The Morgan fingerprint density at radius 3 is 2.87 bits per heavy atom. The molecule has 0 amide bonds. The van der Waals surface area contributed by atoms with E-state index in [0.717, 1.165) is 25.7 Å². The first-order valence-corrected chi connectivity index (χ1v) is 5.06. The number of rotatable bonds is 7. The summed E-state index contributed by atoms with van der Waals surface area (Å²) in [4.78, 5) is 20.8. The number of carboxylic acid groups (broad SMARTS) is 1. The molecule has 1 heterocycles. The second-order valence-corrected chi connectivity index (χ2v) is 3.45. The standard InChI is InChI=1S/C11H15NO3/c13-9-10-5-4-8-12(10)7-3-1-2-6-11(14)15/h4-5,8-9H,1-3,6-7H2,(H,14,15). The largest absolute Gasteiger partial charge is 0.481 e. The minimum atomic E-state index is -0.746. The number of carboxylic acids is 1. The highest BCUT2D eigenvalue weighted by molar-refractivity contribution is 5.72. The van der Waals surface area contributed by atoms with Crippen LogP contribution in [0.4, 0.5) is 0 Å². The van der Waals surface area contributed by atoms with E-state index >= 15 is 0 Å². The molecule has 1 N–H and O–H groups in total. The Morgan fingerprint density at radius 2 is 2.20 bits per heavy atom. The van der Waals surface area contributed by atoms with Crippen molar-refractivity contribution in [3.63, 3.8) is 0 Å². The van der Waals surface area contributed by atoms with E-state index in [4.69, 9.17) is 5.11 Å². The highest BCUT2D eigenvalue weighted by Crippen LogP contribution is 2.05. The lowest BCUT2D eigenvalue weighted by Gasteiger charge is -2.04. The van der Waals surface area contributed by atoms with Crippen molar-refractivity contribution in [1.82, 2.24) is 4.57 Å². The summed E-state index contributed by atoms with van der Waals surface area (Å²) in [6, 6.07) is 3.60. The summed E-state index contributed by atoms with van der Waals surface area (Å²) in [7, 11) is 0. The monoisotopic (exact) mass is 209 g/mol. The number of aldehydes is 1. The van der Waals surface area contributed by atoms with Gasteiger partial charge in [0.05, 0.1) is 5.69 Å². The summed E-state index contributed by atoms with van der Waals surface area (Å²) in [5, 5.41) is 8.43. The van der Waals surface area contributed by atoms with E-state index < -0.39 is 5.97 Å². The van der Waals surface area contributed by atoms with Crippen LogP contribution in [0.25, 0.3) is 0 Å². The normalized spacial score (nSPS) is 10.1. The second-order valence-electron chi connectivity index (χ2n) is 3.45. The van der Waals surface area contributed by atoms with Gasteiger partial charge in [0.15, 0.2) is 6.29 Å². The van der Waals surface area contributed by atoms with E-state index in [2.05, 4.69) is 0 Å². The number of carbonyl (C=O) groups is 2. The maximum absolute atomic E-state index is 10.6. The molecule has 0 atom stereocenters. The smallest absolute Gasteiger partial charge is 0.303 e. The van der Waals surface area contributed by atoms with Crippen LogP contribution in [0.15, 0.2) is 18.3 Å². The van der Waals surface area contributed by atoms with E-state index in [-0.39, 0.29) is 6.42 Å². The van der Waals surface area contributed by atoms with Crippen molar-refractivity contribution in [1.29, 1.82) is 0 Å². The van der Waals surface area contributed by atoms with Gasteiger partial charge in [-0.15, -0.1) is 0 Å². The first-order valence-electron chi connectivity index (χ1n) is 5.06. The predicted molar refractivity (Wildman–Crippen MR) is 55.9 cm³/mol. The SMILES string of the molecule is O=Cc1cccn1CCCCCC(=O)O. The molecular weight excluding hydrogens is 194 g/mol. The van der Waals surface area contributed by atoms with Crippen LogP contribution < -0.4 is 0 Å². The molecule has 0 fully saturated rings. The van der Waals surface area contributed by atoms with Gasteiger partial charge in [0.1, 0.15) is 0 Å². The van der Waals surface area contributed by atoms with Crippen molar-refractivity contribution < 1.29 is 14.7 Å². The Kier molecular flexibility index (Phi) is 4.60. The van der Waals surface area contributed by atoms with E-state index in [9.17, 15) is 9.59 Å². The average Bonchev–Trinajstić information content (AvgIpc) is 2.64. The first-order chi connectivity index (χ1) is 7.24. The van der Waals surface area contributed by atoms with Gasteiger partial charge < -0.3 is 9.67 Å². The number of hydrogen-bond donors (Lipinski definition) is 1. The molecule has 0 aliphatic heterocycles. The maximum Gasteiger partial charge on any atom is 0.303 e. The van der Waals surface area contributed by atoms with Crippen LogP contribution >= 0.6 is 0 Å². The number of unbranched alkanes of at least 4 members (excludes halogenated alkanes) is 2. The van der Waals surface area contributed by atoms with Crippen LogP contribution in [0.1, 0.15) is 36.2 Å². The van der Waals surface area contributed by atoms with Crippen LogP contribution in [0, 0.1) is 0 Å². The first kappa shape index (κ1) is 11.5. The van der Waals surface area contributed by atoms with Crippen molar-refractivity contribution in [2.75, 3.05) is 0 Å². The fourth-order valence-corrected chi connectivity index (χ4v) is 1.47. The van der Waals surface area contributed by atoms with Crippen LogP contribution in [0.3, 0.4) is 0 Å². The molecule has 0 unspecified atom stereocenters. The second kappa shape index (κ2) is 6.01. The summed E-state index contributed by atoms with van der Waals surface area (Å²) in [6.45, 7) is 0.778. The van der Waals surface area contributed by atoms with E-state index in [1.54, 1.807) is 6.07 Å². The molecule has 4 nitrogen and oxygen atoms in total. The molecule has 0 aliphatic carbocycles. The van der Waals surface area contributed by atoms with E-state index in [1.165, 1.54) is 0 Å². The van der Waals surface area contributed by atoms with Crippen molar-refractivity contribution in [2.45, 2.75) is 32.2 Å². The number of aryl methyl sites for hydroxylation is 1. The fourth-order valence-electron chi connectivity index (χ4n) is 1.47. The van der Waals surface area contributed by atoms with Gasteiger partial charge in [-0.1, -0.05) is 6.42 Å².